The Morgan fingerprint density at radius 1 is 1.23 bits per heavy atom. The highest BCUT2D eigenvalue weighted by atomic mass is 35.5. The molecule has 0 aliphatic carbocycles. The number of nitrogens with zero attached hydrogens (tertiary/aromatic N) is 1. The number of amides is 2. The normalized spacial score (nSPS) is 32.5. The fourth-order valence-electron chi connectivity index (χ4n) is 4.78. The number of carbonyl (C=O) groups is 2. The van der Waals surface area contributed by atoms with Crippen LogP contribution in [0.25, 0.3) is 0 Å². The molecule has 2 aliphatic heterocycles. The zero-order chi connectivity index (χ0) is 29.1. The van der Waals surface area contributed by atoms with E-state index in [0.29, 0.717) is 17.9 Å². The number of allylic oxidation sites excluding steroid dienone is 3. The molecule has 2 heterocycles. The summed E-state index contributed by atoms with van der Waals surface area (Å²) in [6.07, 6.45) is 0.966. The van der Waals surface area contributed by atoms with E-state index in [9.17, 15) is 19.8 Å². The summed E-state index contributed by atoms with van der Waals surface area (Å²) in [5.74, 6) is 0.0347. The smallest absolute Gasteiger partial charge is 0.409 e. The van der Waals surface area contributed by atoms with Crippen molar-refractivity contribution in [2.75, 3.05) is 26.2 Å². The molecule has 1 saturated heterocycles. The van der Waals surface area contributed by atoms with Gasteiger partial charge in [0.05, 0.1) is 37.0 Å². The summed E-state index contributed by atoms with van der Waals surface area (Å²) >= 11 is 6.57. The zero-order valence-corrected chi connectivity index (χ0v) is 24.2. The molecule has 4 unspecified atom stereocenters. The van der Waals surface area contributed by atoms with Crippen molar-refractivity contribution in [2.45, 2.75) is 82.7 Å². The van der Waals surface area contributed by atoms with E-state index < -0.39 is 41.8 Å². The molecule has 1 aromatic carbocycles. The van der Waals surface area contributed by atoms with Crippen molar-refractivity contribution >= 4 is 29.3 Å². The highest BCUT2D eigenvalue weighted by molar-refractivity contribution is 6.35. The van der Waals surface area contributed by atoms with Crippen molar-refractivity contribution < 1.29 is 38.7 Å². The lowest BCUT2D eigenvalue weighted by molar-refractivity contribution is -0.191. The summed E-state index contributed by atoms with van der Waals surface area (Å²) in [6.45, 7) is 6.90. The van der Waals surface area contributed by atoms with E-state index in [1.54, 1.807) is 46.0 Å². The lowest BCUT2D eigenvalue weighted by atomic mass is 9.93. The topological polar surface area (TPSA) is 127 Å². The van der Waals surface area contributed by atoms with E-state index in [-0.39, 0.29) is 23.8 Å². The largest absolute Gasteiger partial charge is 0.495 e. The number of rotatable bonds is 2. The molecule has 39 heavy (non-hydrogen) atoms. The molecule has 0 spiro atoms. The first kappa shape index (κ1) is 30.9. The minimum Gasteiger partial charge on any atom is -0.495 e. The molecule has 0 saturated carbocycles. The monoisotopic (exact) mass is 566 g/mol. The summed E-state index contributed by atoms with van der Waals surface area (Å²) in [6, 6.07) is 3.62. The van der Waals surface area contributed by atoms with E-state index in [1.807, 2.05) is 19.1 Å². The average molecular weight is 567 g/mol. The predicted molar refractivity (Wildman–Crippen MR) is 147 cm³/mol. The molecular formula is C28H39ClN2O8. The molecule has 3 N–H and O–H groups in total. The number of fused-ring (bicyclic) bond motifs is 4. The zero-order valence-electron chi connectivity index (χ0n) is 23.5. The van der Waals surface area contributed by atoms with Crippen LogP contribution in [0.4, 0.5) is 10.5 Å². The van der Waals surface area contributed by atoms with Crippen LogP contribution in [0.3, 0.4) is 0 Å². The number of alkyl carbamates (subject to hydrolysis) is 1. The molecule has 1 fully saturated rings. The van der Waals surface area contributed by atoms with Gasteiger partial charge < -0.3 is 34.1 Å². The third kappa shape index (κ3) is 7.12. The number of methoxy groups -OCH3 is 2. The number of ether oxygens (including phenoxy) is 4. The van der Waals surface area contributed by atoms with Gasteiger partial charge in [-0.05, 0) is 51.8 Å². The number of hydrogen-bond donors (Lipinski definition) is 3. The first-order chi connectivity index (χ1) is 18.2. The number of aliphatic hydroxyl groups is 2. The maximum atomic E-state index is 13.2. The fourth-order valence-corrected chi connectivity index (χ4v) is 5.09. The van der Waals surface area contributed by atoms with Gasteiger partial charge in [0.15, 0.2) is 5.72 Å². The molecule has 0 radical (unpaired) electrons. The Bertz CT molecular complexity index is 1140. The number of benzene rings is 1. The molecule has 216 valence electrons. The second-order valence-electron chi connectivity index (χ2n) is 10.7. The lowest BCUT2D eigenvalue weighted by Gasteiger charge is -2.43. The van der Waals surface area contributed by atoms with E-state index in [0.717, 1.165) is 11.1 Å². The summed E-state index contributed by atoms with van der Waals surface area (Å²) in [5.41, 5.74) is -0.717. The Labute approximate surface area is 234 Å². The lowest BCUT2D eigenvalue weighted by Crippen LogP contribution is -2.64. The summed E-state index contributed by atoms with van der Waals surface area (Å²) < 4.78 is 22.5. The standard InChI is InChI=1S/C28H39ClN2O8/c1-16-9-8-10-23(37-7)28(35)15-21(38-26(34)30-28)17(2)39-27(3,4)22(32)14-24(33)31(5)19-12-18(11-16)13-20(36-6)25(19)29/h8-10,12-13,17,21-23,32,35H,11,14-15H2,1-7H3,(H,30,34)/b10-8+,16-9+/t17-,21?,22?,23?,28?/m0/s1. The maximum absolute atomic E-state index is 13.2. The first-order valence-corrected chi connectivity index (χ1v) is 13.1. The number of aliphatic hydroxyl groups excluding tert-OH is 1. The van der Waals surface area contributed by atoms with Crippen molar-refractivity contribution in [3.05, 3.63) is 46.5 Å². The third-order valence-corrected chi connectivity index (χ3v) is 7.56. The number of carbonyl (C=O) groups excluding carboxylic acids is 2. The molecule has 5 atom stereocenters. The van der Waals surface area contributed by atoms with Gasteiger partial charge >= 0.3 is 6.09 Å². The van der Waals surface area contributed by atoms with Crippen LogP contribution in [0.2, 0.25) is 5.02 Å². The highest BCUT2D eigenvalue weighted by Crippen LogP contribution is 2.37. The SMILES string of the molecule is COc1cc2cc(c1Cl)N(C)C(=O)CC(O)C(C)(C)O[C@@H](C)C1CC(O)(NC(=O)O1)C(OC)/C=C/C=C(\C)C2. The van der Waals surface area contributed by atoms with Crippen LogP contribution in [0.1, 0.15) is 46.1 Å². The van der Waals surface area contributed by atoms with Crippen LogP contribution >= 0.6 is 11.6 Å². The number of nitrogens with one attached hydrogen (secondary N) is 1. The third-order valence-electron chi connectivity index (χ3n) is 7.18. The number of halogens is 1. The summed E-state index contributed by atoms with van der Waals surface area (Å²) in [5, 5.41) is 25.1. The molecule has 3 rings (SSSR count). The molecule has 4 bridgehead atoms. The fraction of sp³-hybridized carbons (Fsp3) is 0.571. The van der Waals surface area contributed by atoms with Crippen LogP contribution in [0, 0.1) is 0 Å². The van der Waals surface area contributed by atoms with E-state index in [1.165, 1.54) is 19.1 Å². The van der Waals surface area contributed by atoms with Crippen molar-refractivity contribution in [3.63, 3.8) is 0 Å². The second kappa shape index (κ2) is 12.3. The van der Waals surface area contributed by atoms with Gasteiger partial charge in [0, 0.05) is 20.6 Å². The van der Waals surface area contributed by atoms with Crippen LogP contribution in [0.5, 0.6) is 5.75 Å². The van der Waals surface area contributed by atoms with E-state index in [4.69, 9.17) is 30.5 Å². The van der Waals surface area contributed by atoms with Gasteiger partial charge in [-0.2, -0.15) is 0 Å². The van der Waals surface area contributed by atoms with Gasteiger partial charge in [0.2, 0.25) is 5.91 Å². The van der Waals surface area contributed by atoms with Crippen molar-refractivity contribution in [2.24, 2.45) is 0 Å². The Balaban J connectivity index is 2.07. The minimum absolute atomic E-state index is 0.0383. The quantitative estimate of drug-likeness (QED) is 0.496. The predicted octanol–water partition coefficient (Wildman–Crippen LogP) is 3.51. The summed E-state index contributed by atoms with van der Waals surface area (Å²) in [7, 11) is 4.52. The van der Waals surface area contributed by atoms with Crippen LogP contribution in [-0.4, -0.2) is 79.2 Å². The van der Waals surface area contributed by atoms with E-state index >= 15 is 0 Å². The van der Waals surface area contributed by atoms with Gasteiger partial charge in [0.1, 0.15) is 23.0 Å². The van der Waals surface area contributed by atoms with Gasteiger partial charge in [-0.15, -0.1) is 0 Å². The molecule has 0 aromatic heterocycles. The number of hydrogen-bond acceptors (Lipinski definition) is 8. The van der Waals surface area contributed by atoms with Crippen molar-refractivity contribution in [3.8, 4) is 5.75 Å². The van der Waals surface area contributed by atoms with Crippen molar-refractivity contribution in [1.82, 2.24) is 5.32 Å². The average Bonchev–Trinajstić information content (AvgIpc) is 2.85. The molecule has 1 aromatic rings. The van der Waals surface area contributed by atoms with E-state index in [2.05, 4.69) is 5.32 Å². The van der Waals surface area contributed by atoms with Crippen LogP contribution < -0.4 is 15.0 Å². The maximum Gasteiger partial charge on any atom is 0.409 e. The van der Waals surface area contributed by atoms with Crippen LogP contribution in [-0.2, 0) is 25.4 Å². The Kier molecular flexibility index (Phi) is 9.72. The molecule has 2 amide bonds. The minimum atomic E-state index is -1.77. The van der Waals surface area contributed by atoms with Gasteiger partial charge in [-0.3, -0.25) is 10.1 Å². The highest BCUT2D eigenvalue weighted by Gasteiger charge is 2.47. The molecule has 10 nitrogen and oxygen atoms in total. The Hall–Kier alpha value is -2.63. The Morgan fingerprint density at radius 2 is 1.92 bits per heavy atom. The molecule has 2 aliphatic rings. The first-order valence-electron chi connectivity index (χ1n) is 12.8. The number of anilines is 1. The van der Waals surface area contributed by atoms with Gasteiger partial charge in [0.25, 0.3) is 0 Å². The molecule has 11 heteroatoms. The Morgan fingerprint density at radius 3 is 2.56 bits per heavy atom. The van der Waals surface area contributed by atoms with Gasteiger partial charge in [-0.25, -0.2) is 4.79 Å². The van der Waals surface area contributed by atoms with Crippen LogP contribution in [0.15, 0.2) is 35.9 Å². The summed E-state index contributed by atoms with van der Waals surface area (Å²) in [4.78, 5) is 27.1. The van der Waals surface area contributed by atoms with Crippen molar-refractivity contribution in [1.29, 1.82) is 0 Å². The molecular weight excluding hydrogens is 528 g/mol. The second-order valence-corrected chi connectivity index (χ2v) is 11.0. The van der Waals surface area contributed by atoms with Gasteiger partial charge in [-0.1, -0.05) is 35.4 Å².